The molecule has 3 nitrogen and oxygen atoms in total. The van der Waals surface area contributed by atoms with E-state index >= 15 is 0 Å². The molecule has 3 aromatic carbocycles. The minimum atomic E-state index is -1.06. The van der Waals surface area contributed by atoms with Gasteiger partial charge < -0.3 is 9.15 Å². The molecule has 0 aliphatic rings. The highest BCUT2D eigenvalue weighted by Crippen LogP contribution is 2.33. The molecular weight excluding hydrogens is 440 g/mol. The fourth-order valence-corrected chi connectivity index (χ4v) is 3.06. The van der Waals surface area contributed by atoms with Crippen LogP contribution in [0, 0.1) is 11.6 Å². The molecule has 0 radical (unpaired) electrons. The van der Waals surface area contributed by atoms with Crippen molar-refractivity contribution < 1.29 is 17.9 Å². The van der Waals surface area contributed by atoms with E-state index in [1.807, 2.05) is 30.3 Å². The Kier molecular flexibility index (Phi) is 4.85. The van der Waals surface area contributed by atoms with E-state index in [2.05, 4.69) is 20.9 Å². The van der Waals surface area contributed by atoms with Gasteiger partial charge in [0.25, 0.3) is 0 Å². The third-order valence-corrected chi connectivity index (χ3v) is 5.11. The summed E-state index contributed by atoms with van der Waals surface area (Å²) in [6.07, 6.45) is 0. The van der Waals surface area contributed by atoms with Crippen molar-refractivity contribution >= 4 is 38.6 Å². The first-order valence-electron chi connectivity index (χ1n) is 7.93. The second-order valence-electron chi connectivity index (χ2n) is 5.80. The van der Waals surface area contributed by atoms with Crippen molar-refractivity contribution in [2.45, 2.75) is 6.61 Å². The number of rotatable bonds is 4. The molecule has 1 aromatic heterocycles. The summed E-state index contributed by atoms with van der Waals surface area (Å²) < 4.78 is 40.0. The van der Waals surface area contributed by atoms with Gasteiger partial charge in [-0.3, -0.25) is 0 Å². The topological polar surface area (TPSA) is 35.3 Å². The number of hydrogen-bond acceptors (Lipinski definition) is 3. The predicted octanol–water partition coefficient (Wildman–Crippen LogP) is 6.77. The molecule has 0 saturated carbocycles. The van der Waals surface area contributed by atoms with Gasteiger partial charge in [-0.1, -0.05) is 41.9 Å². The van der Waals surface area contributed by atoms with Crippen molar-refractivity contribution in [2.24, 2.45) is 0 Å². The van der Waals surface area contributed by atoms with Crippen molar-refractivity contribution in [3.05, 3.63) is 81.3 Å². The third-order valence-electron chi connectivity index (χ3n) is 3.91. The first-order chi connectivity index (χ1) is 13.0. The van der Waals surface area contributed by atoms with Gasteiger partial charge in [-0.05, 0) is 39.7 Å². The lowest BCUT2D eigenvalue weighted by Gasteiger charge is -2.09. The van der Waals surface area contributed by atoms with Crippen LogP contribution in [0.5, 0.6) is 5.75 Å². The standard InChI is InChI=1S/C20H11BrClF2NO2/c21-13-8-16-17(9-14(13)22)27-20(25-16)12-6-15(23)19(24)18(7-12)26-10-11-4-2-1-3-5-11/h1-9H,10H2. The molecule has 0 amide bonds. The van der Waals surface area contributed by atoms with Crippen molar-refractivity contribution in [3.8, 4) is 17.2 Å². The van der Waals surface area contributed by atoms with Crippen LogP contribution in [0.25, 0.3) is 22.6 Å². The fourth-order valence-electron chi connectivity index (χ4n) is 2.57. The zero-order valence-corrected chi connectivity index (χ0v) is 16.0. The van der Waals surface area contributed by atoms with Crippen molar-refractivity contribution in [1.29, 1.82) is 0 Å². The van der Waals surface area contributed by atoms with Gasteiger partial charge in [0.05, 0.1) is 5.02 Å². The third kappa shape index (κ3) is 3.68. The summed E-state index contributed by atoms with van der Waals surface area (Å²) in [5.74, 6) is -2.17. The van der Waals surface area contributed by atoms with Crippen LogP contribution in [0.15, 0.2) is 63.5 Å². The van der Waals surface area contributed by atoms with E-state index in [0.29, 0.717) is 20.6 Å². The van der Waals surface area contributed by atoms with Crippen LogP contribution >= 0.6 is 27.5 Å². The highest BCUT2D eigenvalue weighted by molar-refractivity contribution is 9.10. The molecule has 0 bridgehead atoms. The Bertz CT molecular complexity index is 1090. The van der Waals surface area contributed by atoms with Gasteiger partial charge in [0.2, 0.25) is 11.7 Å². The van der Waals surface area contributed by atoms with Crippen LogP contribution in [0.2, 0.25) is 5.02 Å². The lowest BCUT2D eigenvalue weighted by atomic mass is 10.2. The summed E-state index contributed by atoms with van der Waals surface area (Å²) in [6, 6.07) is 14.9. The average molecular weight is 451 g/mol. The van der Waals surface area contributed by atoms with Crippen LogP contribution in [0.4, 0.5) is 8.78 Å². The molecule has 0 atom stereocenters. The number of nitrogens with zero attached hydrogens (tertiary/aromatic N) is 1. The molecule has 0 fully saturated rings. The normalized spacial score (nSPS) is 11.1. The first-order valence-corrected chi connectivity index (χ1v) is 9.10. The average Bonchev–Trinajstić information content (AvgIpc) is 3.06. The second-order valence-corrected chi connectivity index (χ2v) is 7.06. The number of hydrogen-bond donors (Lipinski definition) is 0. The lowest BCUT2D eigenvalue weighted by Crippen LogP contribution is -1.99. The molecular formula is C20H11BrClF2NO2. The molecule has 27 heavy (non-hydrogen) atoms. The summed E-state index contributed by atoms with van der Waals surface area (Å²) in [7, 11) is 0. The van der Waals surface area contributed by atoms with E-state index in [1.165, 1.54) is 6.07 Å². The van der Waals surface area contributed by atoms with Gasteiger partial charge in [0.15, 0.2) is 17.1 Å². The largest absolute Gasteiger partial charge is 0.486 e. The number of benzene rings is 3. The lowest BCUT2D eigenvalue weighted by molar-refractivity contribution is 0.284. The summed E-state index contributed by atoms with van der Waals surface area (Å²) in [5, 5.41) is 0.461. The summed E-state index contributed by atoms with van der Waals surface area (Å²) >= 11 is 9.36. The molecule has 0 aliphatic carbocycles. The van der Waals surface area contributed by atoms with E-state index in [4.69, 9.17) is 20.8 Å². The Morgan fingerprint density at radius 2 is 1.85 bits per heavy atom. The molecule has 0 saturated heterocycles. The fraction of sp³-hybridized carbons (Fsp3) is 0.0500. The number of fused-ring (bicyclic) bond motifs is 1. The molecule has 0 spiro atoms. The van der Waals surface area contributed by atoms with E-state index in [1.54, 1.807) is 12.1 Å². The van der Waals surface area contributed by atoms with E-state index in [0.717, 1.165) is 11.6 Å². The maximum Gasteiger partial charge on any atom is 0.227 e. The van der Waals surface area contributed by atoms with E-state index in [9.17, 15) is 8.78 Å². The maximum atomic E-state index is 14.1. The molecule has 0 aliphatic heterocycles. The summed E-state index contributed by atoms with van der Waals surface area (Å²) in [6.45, 7) is 0.108. The van der Waals surface area contributed by atoms with E-state index < -0.39 is 11.6 Å². The molecule has 1 heterocycles. The van der Waals surface area contributed by atoms with Crippen molar-refractivity contribution in [2.75, 3.05) is 0 Å². The van der Waals surface area contributed by atoms with Gasteiger partial charge in [-0.2, -0.15) is 4.39 Å². The van der Waals surface area contributed by atoms with E-state index in [-0.39, 0.29) is 23.8 Å². The zero-order chi connectivity index (χ0) is 19.0. The molecule has 136 valence electrons. The maximum absolute atomic E-state index is 14.1. The second kappa shape index (κ2) is 7.29. The molecule has 0 unspecified atom stereocenters. The van der Waals surface area contributed by atoms with Crippen LogP contribution in [-0.4, -0.2) is 4.98 Å². The van der Waals surface area contributed by atoms with Crippen molar-refractivity contribution in [1.82, 2.24) is 4.98 Å². The molecule has 4 rings (SSSR count). The van der Waals surface area contributed by atoms with Gasteiger partial charge in [-0.25, -0.2) is 9.37 Å². The summed E-state index contributed by atoms with van der Waals surface area (Å²) in [4.78, 5) is 4.32. The Labute approximate surface area is 166 Å². The first kappa shape index (κ1) is 17.9. The molecule has 7 heteroatoms. The van der Waals surface area contributed by atoms with Gasteiger partial charge >= 0.3 is 0 Å². The number of aromatic nitrogens is 1. The monoisotopic (exact) mass is 449 g/mol. The number of ether oxygens (including phenoxy) is 1. The van der Waals surface area contributed by atoms with Crippen molar-refractivity contribution in [3.63, 3.8) is 0 Å². The number of oxazole rings is 1. The summed E-state index contributed by atoms with van der Waals surface area (Å²) in [5.41, 5.74) is 2.08. The SMILES string of the molecule is Fc1cc(-c2nc3cc(Br)c(Cl)cc3o2)cc(OCc2ccccc2)c1F. The quantitative estimate of drug-likeness (QED) is 0.344. The smallest absolute Gasteiger partial charge is 0.227 e. The Morgan fingerprint density at radius 3 is 2.63 bits per heavy atom. The van der Waals surface area contributed by atoms with Crippen LogP contribution < -0.4 is 4.74 Å². The minimum absolute atomic E-state index is 0.108. The van der Waals surface area contributed by atoms with Gasteiger partial charge in [-0.15, -0.1) is 0 Å². The molecule has 0 N–H and O–H groups in total. The van der Waals surface area contributed by atoms with Crippen LogP contribution in [0.3, 0.4) is 0 Å². The Morgan fingerprint density at radius 1 is 1.07 bits per heavy atom. The Balaban J connectivity index is 1.70. The highest BCUT2D eigenvalue weighted by Gasteiger charge is 2.17. The molecule has 4 aromatic rings. The van der Waals surface area contributed by atoms with Gasteiger partial charge in [0.1, 0.15) is 12.1 Å². The Hall–Kier alpha value is -2.44. The predicted molar refractivity (Wildman–Crippen MR) is 103 cm³/mol. The zero-order valence-electron chi connectivity index (χ0n) is 13.7. The minimum Gasteiger partial charge on any atom is -0.486 e. The highest BCUT2D eigenvalue weighted by atomic mass is 79.9. The number of halogens is 4. The van der Waals surface area contributed by atoms with Crippen LogP contribution in [0.1, 0.15) is 5.56 Å². The van der Waals surface area contributed by atoms with Gasteiger partial charge in [0, 0.05) is 16.1 Å². The van der Waals surface area contributed by atoms with Crippen LogP contribution in [-0.2, 0) is 6.61 Å².